The van der Waals surface area contributed by atoms with Crippen molar-refractivity contribution in [2.45, 2.75) is 34.1 Å². The van der Waals surface area contributed by atoms with Gasteiger partial charge in [-0.3, -0.25) is 20.2 Å². The Hall–Kier alpha value is -1.98. The molecule has 1 aromatic rings. The van der Waals surface area contributed by atoms with Gasteiger partial charge in [0, 0.05) is 22.3 Å². The molecule has 0 saturated carbocycles. The molecule has 0 aliphatic rings. The highest BCUT2D eigenvalue weighted by molar-refractivity contribution is 5.64. The van der Waals surface area contributed by atoms with Gasteiger partial charge in [0.2, 0.25) is 0 Å². The number of nitrogens with zero attached hydrogens (tertiary/aromatic N) is 2. The van der Waals surface area contributed by atoms with E-state index in [9.17, 15) is 20.2 Å². The molecule has 92 valence electrons. The second-order valence-corrected chi connectivity index (χ2v) is 3.92. The van der Waals surface area contributed by atoms with Gasteiger partial charge in [0.05, 0.1) is 9.85 Å². The molecule has 0 saturated heterocycles. The van der Waals surface area contributed by atoms with Crippen LogP contribution in [0.2, 0.25) is 0 Å². The van der Waals surface area contributed by atoms with Gasteiger partial charge in [-0.2, -0.15) is 0 Å². The third-order valence-electron chi connectivity index (χ3n) is 3.09. The summed E-state index contributed by atoms with van der Waals surface area (Å²) < 4.78 is 0. The van der Waals surface area contributed by atoms with Crippen LogP contribution in [0.5, 0.6) is 0 Å². The minimum absolute atomic E-state index is 0.00750. The summed E-state index contributed by atoms with van der Waals surface area (Å²) in [5, 5.41) is 22.0. The van der Waals surface area contributed by atoms with E-state index in [4.69, 9.17) is 0 Å². The van der Waals surface area contributed by atoms with Crippen LogP contribution in [0.4, 0.5) is 11.4 Å². The zero-order valence-electron chi connectivity index (χ0n) is 10.2. The standard InChI is InChI=1S/C11H14N2O4/c1-5-9-8(4)10(12(14)15)6(2)7(3)11(9)13(16)17/h5H2,1-4H3. The summed E-state index contributed by atoms with van der Waals surface area (Å²) in [6, 6.07) is 0. The Kier molecular flexibility index (Phi) is 3.45. The number of hydrogen-bond donors (Lipinski definition) is 0. The fourth-order valence-electron chi connectivity index (χ4n) is 2.14. The zero-order valence-corrected chi connectivity index (χ0v) is 10.2. The molecule has 0 amide bonds. The average molecular weight is 238 g/mol. The van der Waals surface area contributed by atoms with Crippen LogP contribution in [0.3, 0.4) is 0 Å². The summed E-state index contributed by atoms with van der Waals surface area (Å²) in [6.45, 7) is 6.43. The average Bonchev–Trinajstić information content (AvgIpc) is 2.22. The molecule has 6 heteroatoms. The number of nitro benzene ring substituents is 2. The van der Waals surface area contributed by atoms with Crippen LogP contribution in [-0.4, -0.2) is 9.85 Å². The first-order chi connectivity index (χ1) is 7.82. The van der Waals surface area contributed by atoms with Gasteiger partial charge in [0.25, 0.3) is 11.4 Å². The van der Waals surface area contributed by atoms with E-state index in [0.717, 1.165) is 0 Å². The Bertz CT molecular complexity index is 509. The molecule has 0 spiro atoms. The minimum atomic E-state index is -0.472. The van der Waals surface area contributed by atoms with Crippen molar-refractivity contribution in [3.05, 3.63) is 42.5 Å². The number of rotatable bonds is 3. The molecule has 0 aromatic heterocycles. The number of hydrogen-bond acceptors (Lipinski definition) is 4. The van der Waals surface area contributed by atoms with E-state index in [1.54, 1.807) is 27.7 Å². The van der Waals surface area contributed by atoms with Gasteiger partial charge in [0.1, 0.15) is 0 Å². The van der Waals surface area contributed by atoms with Crippen molar-refractivity contribution in [2.24, 2.45) is 0 Å². The predicted octanol–water partition coefficient (Wildman–Crippen LogP) is 2.99. The van der Waals surface area contributed by atoms with Crippen molar-refractivity contribution in [1.82, 2.24) is 0 Å². The summed E-state index contributed by atoms with van der Waals surface area (Å²) in [6.07, 6.45) is 0.407. The molecule has 6 nitrogen and oxygen atoms in total. The van der Waals surface area contributed by atoms with Crippen LogP contribution in [-0.2, 0) is 6.42 Å². The second kappa shape index (κ2) is 4.48. The van der Waals surface area contributed by atoms with Gasteiger partial charge in [0.15, 0.2) is 0 Å². The topological polar surface area (TPSA) is 86.3 Å². The molecular weight excluding hydrogens is 224 g/mol. The highest BCUT2D eigenvalue weighted by Gasteiger charge is 2.29. The summed E-state index contributed by atoms with van der Waals surface area (Å²) in [5.74, 6) is 0. The molecule has 0 fully saturated rings. The van der Waals surface area contributed by atoms with Crippen LogP contribution in [0.1, 0.15) is 29.2 Å². The molecule has 0 radical (unpaired) electrons. The highest BCUT2D eigenvalue weighted by atomic mass is 16.6. The van der Waals surface area contributed by atoms with Crippen molar-refractivity contribution < 1.29 is 9.85 Å². The Morgan fingerprint density at radius 2 is 1.29 bits per heavy atom. The quantitative estimate of drug-likeness (QED) is 0.598. The van der Waals surface area contributed by atoms with Gasteiger partial charge in [-0.1, -0.05) is 6.92 Å². The largest absolute Gasteiger partial charge is 0.276 e. The first-order valence-corrected chi connectivity index (χ1v) is 5.24. The highest BCUT2D eigenvalue weighted by Crippen LogP contribution is 2.37. The van der Waals surface area contributed by atoms with E-state index in [0.29, 0.717) is 28.7 Å². The van der Waals surface area contributed by atoms with E-state index in [1.165, 1.54) is 0 Å². The van der Waals surface area contributed by atoms with E-state index in [-0.39, 0.29) is 11.4 Å². The van der Waals surface area contributed by atoms with Crippen molar-refractivity contribution >= 4 is 11.4 Å². The summed E-state index contributed by atoms with van der Waals surface area (Å²) in [7, 11) is 0. The van der Waals surface area contributed by atoms with Gasteiger partial charge >= 0.3 is 0 Å². The zero-order chi connectivity index (χ0) is 13.3. The molecule has 0 bridgehead atoms. The second-order valence-electron chi connectivity index (χ2n) is 3.92. The van der Waals surface area contributed by atoms with Crippen LogP contribution in [0, 0.1) is 41.0 Å². The van der Waals surface area contributed by atoms with Gasteiger partial charge in [-0.25, -0.2) is 0 Å². The molecule has 0 atom stereocenters. The molecule has 1 rings (SSSR count). The molecule has 0 unspecified atom stereocenters. The first kappa shape index (κ1) is 13.1. The number of benzene rings is 1. The van der Waals surface area contributed by atoms with Crippen molar-refractivity contribution in [1.29, 1.82) is 0 Å². The molecule has 0 aliphatic carbocycles. The maximum absolute atomic E-state index is 11.0. The van der Waals surface area contributed by atoms with Gasteiger partial charge < -0.3 is 0 Å². The van der Waals surface area contributed by atoms with Crippen molar-refractivity contribution in [3.63, 3.8) is 0 Å². The SMILES string of the molecule is CCc1c(C)c([N+](=O)[O-])c(C)c(C)c1[N+](=O)[O-]. The Morgan fingerprint density at radius 3 is 1.65 bits per heavy atom. The lowest BCUT2D eigenvalue weighted by atomic mass is 9.94. The maximum atomic E-state index is 11.0. The van der Waals surface area contributed by atoms with Crippen molar-refractivity contribution in [2.75, 3.05) is 0 Å². The number of nitro groups is 2. The third-order valence-corrected chi connectivity index (χ3v) is 3.09. The van der Waals surface area contributed by atoms with Crippen LogP contribution in [0.25, 0.3) is 0 Å². The summed E-state index contributed by atoms with van der Waals surface area (Å²) >= 11 is 0. The molecule has 17 heavy (non-hydrogen) atoms. The predicted molar refractivity (Wildman–Crippen MR) is 63.3 cm³/mol. The van der Waals surface area contributed by atoms with Crippen LogP contribution >= 0.6 is 0 Å². The molecule has 0 N–H and O–H groups in total. The van der Waals surface area contributed by atoms with Crippen molar-refractivity contribution in [3.8, 4) is 0 Å². The molecule has 0 aliphatic heterocycles. The minimum Gasteiger partial charge on any atom is -0.258 e. The Balaban J connectivity index is 3.81. The summed E-state index contributed by atoms with van der Waals surface area (Å²) in [4.78, 5) is 21.1. The van der Waals surface area contributed by atoms with Gasteiger partial charge in [-0.05, 0) is 27.2 Å². The Labute approximate surface area is 98.6 Å². The molecular formula is C11H14N2O4. The Morgan fingerprint density at radius 1 is 0.882 bits per heavy atom. The fraction of sp³-hybridized carbons (Fsp3) is 0.455. The molecule has 0 heterocycles. The monoisotopic (exact) mass is 238 g/mol. The normalized spacial score (nSPS) is 10.4. The lowest BCUT2D eigenvalue weighted by molar-refractivity contribution is -0.391. The van der Waals surface area contributed by atoms with Crippen LogP contribution < -0.4 is 0 Å². The fourth-order valence-corrected chi connectivity index (χ4v) is 2.14. The lowest BCUT2D eigenvalue weighted by Gasteiger charge is -2.11. The van der Waals surface area contributed by atoms with Crippen LogP contribution in [0.15, 0.2) is 0 Å². The third kappa shape index (κ3) is 1.98. The van der Waals surface area contributed by atoms with E-state index in [1.807, 2.05) is 0 Å². The van der Waals surface area contributed by atoms with E-state index in [2.05, 4.69) is 0 Å². The smallest absolute Gasteiger partial charge is 0.258 e. The van der Waals surface area contributed by atoms with Gasteiger partial charge in [-0.15, -0.1) is 0 Å². The summed E-state index contributed by atoms with van der Waals surface area (Å²) in [5.41, 5.74) is 1.59. The maximum Gasteiger partial charge on any atom is 0.276 e. The molecule has 1 aromatic carbocycles. The van der Waals surface area contributed by atoms with E-state index >= 15 is 0 Å². The first-order valence-electron chi connectivity index (χ1n) is 5.24. The van der Waals surface area contributed by atoms with E-state index < -0.39 is 9.85 Å². The lowest BCUT2D eigenvalue weighted by Crippen LogP contribution is -2.06.